The van der Waals surface area contributed by atoms with E-state index >= 15 is 0 Å². The van der Waals surface area contributed by atoms with E-state index in [9.17, 15) is 19.4 Å². The number of nitrogens with zero attached hydrogens (tertiary/aromatic N) is 1. The van der Waals surface area contributed by atoms with E-state index in [1.807, 2.05) is 27.2 Å². The summed E-state index contributed by atoms with van der Waals surface area (Å²) >= 11 is 0. The van der Waals surface area contributed by atoms with Crippen LogP contribution in [0.5, 0.6) is 0 Å². The largest absolute Gasteiger partial charge is 0.756 e. The first kappa shape index (κ1) is 80.9. The van der Waals surface area contributed by atoms with Gasteiger partial charge in [-0.2, -0.15) is 0 Å². The molecule has 0 aliphatic rings. The van der Waals surface area contributed by atoms with Gasteiger partial charge in [0.1, 0.15) is 13.2 Å². The van der Waals surface area contributed by atoms with Crippen molar-refractivity contribution >= 4 is 13.7 Å². The van der Waals surface area contributed by atoms with E-state index in [1.165, 1.54) is 186 Å². The second-order valence-corrected chi connectivity index (χ2v) is 25.9. The highest BCUT2D eigenvalue weighted by Crippen LogP contribution is 2.38. The van der Waals surface area contributed by atoms with Gasteiger partial charge in [-0.3, -0.25) is 9.36 Å². The molecule has 0 aliphatic carbocycles. The maximum Gasteiger partial charge on any atom is 0.268 e. The molecular weight excluding hydrogens is 1060 g/mol. The van der Waals surface area contributed by atoms with Crippen molar-refractivity contribution in [3.63, 3.8) is 0 Å². The Morgan fingerprint density at radius 3 is 1.11 bits per heavy atom. The smallest absolute Gasteiger partial charge is 0.268 e. The molecule has 0 aromatic carbocycles. The normalized spacial score (nSPS) is 14.4. The van der Waals surface area contributed by atoms with Crippen LogP contribution in [0.25, 0.3) is 0 Å². The predicted octanol–water partition coefficient (Wildman–Crippen LogP) is 21.8. The minimum atomic E-state index is -4.62. The zero-order valence-corrected chi connectivity index (χ0v) is 56.2. The Morgan fingerprint density at radius 1 is 0.429 bits per heavy atom. The monoisotopic (exact) mass is 1190 g/mol. The van der Waals surface area contributed by atoms with Crippen LogP contribution in [-0.4, -0.2) is 68.5 Å². The number of nitrogens with one attached hydrogen (secondary N) is 1. The first-order chi connectivity index (χ1) is 41.0. The molecule has 0 aromatic heterocycles. The summed E-state index contributed by atoms with van der Waals surface area (Å²) in [5, 5.41) is 13.9. The number of hydrogen-bond acceptors (Lipinski definition) is 6. The maximum absolute atomic E-state index is 13.0. The Morgan fingerprint density at radius 2 is 0.738 bits per heavy atom. The minimum absolute atomic E-state index is 0.0120. The fraction of sp³-hybridized carbons (Fsp3) is 0.720. The highest BCUT2D eigenvalue weighted by molar-refractivity contribution is 7.45. The number of carbonyl (C=O) groups excluding carboxylic acids is 1. The molecule has 0 saturated carbocycles. The number of aliphatic hydroxyl groups is 1. The number of amides is 1. The standard InChI is InChI=1S/C75H133N2O6P/c1-6-8-10-12-14-16-18-20-22-24-26-28-29-30-31-32-33-34-35-36-37-38-39-40-41-42-43-44-45-46-47-49-51-53-55-57-59-61-63-65-67-69-75(79)76-73(72-83-84(80,81)82-71-70-77(3,4)5)74(78)68-66-64-62-60-58-56-54-52-50-48-27-25-23-21-19-17-15-13-11-9-7-2/h8,10,14,16,20,22,26,28,30-31,33-34,36-37,50,52,58,60,66,68,73-74,78H,6-7,9,11-13,15,17-19,21,23-25,27,29,32,35,38-49,51,53-57,59,61-65,67,69-72H2,1-5H3,(H-,76,79,80,81)/b10-8-,16-14-,22-20-,28-26-,31-30-,34-33-,37-36-,52-50+,60-58+,68-66+. The number of quaternary nitrogens is 1. The van der Waals surface area contributed by atoms with Gasteiger partial charge in [0.2, 0.25) is 5.91 Å². The minimum Gasteiger partial charge on any atom is -0.756 e. The molecule has 3 atom stereocenters. The Kier molecular flexibility index (Phi) is 62.0. The molecule has 0 aromatic rings. The summed E-state index contributed by atoms with van der Waals surface area (Å²) in [5.41, 5.74) is 0. The van der Waals surface area contributed by atoms with Gasteiger partial charge < -0.3 is 28.8 Å². The zero-order valence-electron chi connectivity index (χ0n) is 55.3. The van der Waals surface area contributed by atoms with Crippen molar-refractivity contribution in [2.24, 2.45) is 0 Å². The van der Waals surface area contributed by atoms with Crippen molar-refractivity contribution in [1.82, 2.24) is 5.32 Å². The van der Waals surface area contributed by atoms with E-state index in [4.69, 9.17) is 9.05 Å². The van der Waals surface area contributed by atoms with Crippen LogP contribution in [-0.2, 0) is 18.4 Å². The third-order valence-corrected chi connectivity index (χ3v) is 16.1. The number of phosphoric ester groups is 1. The molecule has 484 valence electrons. The number of likely N-dealkylation sites (N-methyl/N-ethyl adjacent to an activating group) is 1. The van der Waals surface area contributed by atoms with Crippen molar-refractivity contribution in [1.29, 1.82) is 0 Å². The summed E-state index contributed by atoms with van der Waals surface area (Å²) in [6.07, 6.45) is 96.1. The first-order valence-corrected chi connectivity index (χ1v) is 36.4. The molecule has 0 saturated heterocycles. The van der Waals surface area contributed by atoms with Crippen LogP contribution in [0.1, 0.15) is 296 Å². The van der Waals surface area contributed by atoms with Gasteiger partial charge >= 0.3 is 0 Å². The lowest BCUT2D eigenvalue weighted by atomic mass is 10.0. The van der Waals surface area contributed by atoms with Gasteiger partial charge in [-0.25, -0.2) is 0 Å². The molecule has 8 nitrogen and oxygen atoms in total. The third-order valence-electron chi connectivity index (χ3n) is 15.1. The van der Waals surface area contributed by atoms with Crippen molar-refractivity contribution in [2.75, 3.05) is 40.9 Å². The van der Waals surface area contributed by atoms with Crippen LogP contribution >= 0.6 is 7.82 Å². The van der Waals surface area contributed by atoms with Crippen molar-refractivity contribution in [2.45, 2.75) is 309 Å². The van der Waals surface area contributed by atoms with Crippen molar-refractivity contribution < 1.29 is 32.9 Å². The zero-order chi connectivity index (χ0) is 61.2. The number of carbonyl (C=O) groups is 1. The Balaban J connectivity index is 4.04. The number of phosphoric acid groups is 1. The lowest BCUT2D eigenvalue weighted by Crippen LogP contribution is -2.45. The molecule has 1 amide bonds. The lowest BCUT2D eigenvalue weighted by Gasteiger charge is -2.29. The summed E-state index contributed by atoms with van der Waals surface area (Å²) in [4.78, 5) is 25.6. The summed E-state index contributed by atoms with van der Waals surface area (Å²) in [5.74, 6) is -0.211. The second-order valence-electron chi connectivity index (χ2n) is 24.5. The van der Waals surface area contributed by atoms with Crippen LogP contribution < -0.4 is 10.2 Å². The number of aliphatic hydroxyl groups excluding tert-OH is 1. The van der Waals surface area contributed by atoms with Gasteiger partial charge in [-0.1, -0.05) is 309 Å². The predicted molar refractivity (Wildman–Crippen MR) is 366 cm³/mol. The molecule has 3 unspecified atom stereocenters. The van der Waals surface area contributed by atoms with Gasteiger partial charge in [0, 0.05) is 6.42 Å². The SMILES string of the molecule is CC/C=C\C/C=C\C/C=C\C/C=C\C/C=C\C/C=C\C/C=C\CCCCCCCCCCCCCCCCCCCCCC(=O)NC(COP(=O)([O-])OCC[N+](C)(C)C)C(O)/C=C/CC/C=C/CC/C=C/CCCCCCCCCCCCC. The van der Waals surface area contributed by atoms with Gasteiger partial charge in [0.25, 0.3) is 7.82 Å². The summed E-state index contributed by atoms with van der Waals surface area (Å²) in [6, 6.07) is -0.916. The molecule has 0 heterocycles. The van der Waals surface area contributed by atoms with E-state index in [0.717, 1.165) is 89.9 Å². The molecule has 0 radical (unpaired) electrons. The Bertz CT molecular complexity index is 1780. The molecule has 0 bridgehead atoms. The number of unbranched alkanes of at least 4 members (excludes halogenated alkanes) is 32. The van der Waals surface area contributed by atoms with Gasteiger partial charge in [-0.05, 0) is 103 Å². The quantitative estimate of drug-likeness (QED) is 0.0272. The van der Waals surface area contributed by atoms with E-state index in [1.54, 1.807) is 6.08 Å². The molecule has 0 rings (SSSR count). The molecule has 84 heavy (non-hydrogen) atoms. The van der Waals surface area contributed by atoms with Crippen LogP contribution in [0.4, 0.5) is 0 Å². The average Bonchev–Trinajstić information content (AvgIpc) is 3.56. The second kappa shape index (κ2) is 64.4. The molecule has 2 N–H and O–H groups in total. The molecule has 0 fully saturated rings. The maximum atomic E-state index is 13.0. The summed E-state index contributed by atoms with van der Waals surface area (Å²) in [7, 11) is 1.23. The molecule has 9 heteroatoms. The molecule has 0 spiro atoms. The molecular formula is C75H133N2O6P. The topological polar surface area (TPSA) is 108 Å². The fourth-order valence-electron chi connectivity index (χ4n) is 9.76. The van der Waals surface area contributed by atoms with Crippen LogP contribution in [0.15, 0.2) is 122 Å². The summed E-state index contributed by atoms with van der Waals surface area (Å²) in [6.45, 7) is 4.52. The third kappa shape index (κ3) is 66.4. The van der Waals surface area contributed by atoms with E-state index in [0.29, 0.717) is 17.4 Å². The summed E-state index contributed by atoms with van der Waals surface area (Å²) < 4.78 is 23.4. The number of rotatable bonds is 63. The van der Waals surface area contributed by atoms with E-state index in [-0.39, 0.29) is 12.5 Å². The van der Waals surface area contributed by atoms with Gasteiger partial charge in [0.15, 0.2) is 0 Å². The van der Waals surface area contributed by atoms with Gasteiger partial charge in [-0.15, -0.1) is 0 Å². The molecule has 0 aliphatic heterocycles. The fourth-order valence-corrected chi connectivity index (χ4v) is 10.5. The van der Waals surface area contributed by atoms with E-state index in [2.05, 4.69) is 129 Å². The Labute approximate surface area is 520 Å². The highest BCUT2D eigenvalue weighted by Gasteiger charge is 2.23. The van der Waals surface area contributed by atoms with E-state index < -0.39 is 26.6 Å². The van der Waals surface area contributed by atoms with Crippen LogP contribution in [0.3, 0.4) is 0 Å². The van der Waals surface area contributed by atoms with Gasteiger partial charge in [0.05, 0.1) is 39.9 Å². The highest BCUT2D eigenvalue weighted by atomic mass is 31.2. The van der Waals surface area contributed by atoms with Crippen molar-refractivity contribution in [3.8, 4) is 0 Å². The Hall–Kier alpha value is -3.10. The number of hydrogen-bond donors (Lipinski definition) is 2. The van der Waals surface area contributed by atoms with Crippen LogP contribution in [0, 0.1) is 0 Å². The van der Waals surface area contributed by atoms with Crippen LogP contribution in [0.2, 0.25) is 0 Å². The first-order valence-electron chi connectivity index (χ1n) is 34.9. The average molecular weight is 1190 g/mol. The lowest BCUT2D eigenvalue weighted by molar-refractivity contribution is -0.870. The van der Waals surface area contributed by atoms with Crippen molar-refractivity contribution in [3.05, 3.63) is 122 Å². The number of allylic oxidation sites excluding steroid dienone is 19.